The molecule has 0 aromatic heterocycles. The summed E-state index contributed by atoms with van der Waals surface area (Å²) < 4.78 is 19.4. The molecule has 5 rings (SSSR count). The molecule has 1 saturated heterocycles. The highest BCUT2D eigenvalue weighted by Gasteiger charge is 2.45. The third kappa shape index (κ3) is 3.96. The number of amides is 1. The molecular weight excluding hydrogens is 433 g/mol. The zero-order valence-electron chi connectivity index (χ0n) is 18.7. The number of nitrogens with zero attached hydrogens (tertiary/aromatic N) is 1. The predicted octanol–water partition coefficient (Wildman–Crippen LogP) is 4.81. The van der Waals surface area contributed by atoms with Crippen molar-refractivity contribution in [1.82, 2.24) is 4.90 Å². The molecule has 5 nitrogen and oxygen atoms in total. The maximum atomic E-state index is 13.7. The Hall–Kier alpha value is -3.93. The number of rotatable bonds is 5. The zero-order chi connectivity index (χ0) is 23.8. The first-order chi connectivity index (χ1) is 16.4. The Balaban J connectivity index is 1.57. The lowest BCUT2D eigenvalue weighted by molar-refractivity contribution is -0.139. The maximum absolute atomic E-state index is 13.7. The van der Waals surface area contributed by atoms with Gasteiger partial charge in [-0.15, -0.1) is 0 Å². The van der Waals surface area contributed by atoms with Gasteiger partial charge in [0.15, 0.2) is 0 Å². The van der Waals surface area contributed by atoms with Crippen molar-refractivity contribution in [2.45, 2.75) is 31.9 Å². The summed E-state index contributed by atoms with van der Waals surface area (Å²) >= 11 is 0. The van der Waals surface area contributed by atoms with Crippen molar-refractivity contribution in [2.24, 2.45) is 0 Å². The lowest BCUT2D eigenvalue weighted by Crippen LogP contribution is -2.31. The fourth-order valence-electron chi connectivity index (χ4n) is 4.72. The highest BCUT2D eigenvalue weighted by atomic mass is 19.1. The smallest absolute Gasteiger partial charge is 0.295 e. The molecule has 172 valence electrons. The number of ether oxygens (including phenoxy) is 1. The van der Waals surface area contributed by atoms with Gasteiger partial charge < -0.3 is 14.7 Å². The molecule has 3 aromatic rings. The van der Waals surface area contributed by atoms with Crippen molar-refractivity contribution in [2.75, 3.05) is 6.54 Å². The van der Waals surface area contributed by atoms with Crippen LogP contribution in [0.5, 0.6) is 5.75 Å². The first-order valence-electron chi connectivity index (χ1n) is 11.3. The molecule has 0 radical (unpaired) electrons. The van der Waals surface area contributed by atoms with Crippen molar-refractivity contribution in [3.63, 3.8) is 0 Å². The van der Waals surface area contributed by atoms with E-state index in [1.54, 1.807) is 30.3 Å². The molecule has 2 atom stereocenters. The Bertz CT molecular complexity index is 1280. The van der Waals surface area contributed by atoms with E-state index in [9.17, 15) is 19.1 Å². The minimum absolute atomic E-state index is 0.0107. The van der Waals surface area contributed by atoms with Gasteiger partial charge in [-0.25, -0.2) is 4.39 Å². The Morgan fingerprint density at radius 2 is 1.79 bits per heavy atom. The Morgan fingerprint density at radius 1 is 1.06 bits per heavy atom. The second-order valence-electron chi connectivity index (χ2n) is 8.73. The normalized spacial score (nSPS) is 20.9. The SMILES string of the molecule is C[C@@H]1Cc2cc(C(O)=C3C(=O)C(=O)N(CCc4ccccc4)[C@H]3c3ccc(F)cc3)ccc2O1. The molecule has 2 heterocycles. The topological polar surface area (TPSA) is 66.8 Å². The second kappa shape index (κ2) is 8.78. The van der Waals surface area contributed by atoms with Crippen LogP contribution in [0.3, 0.4) is 0 Å². The molecule has 1 amide bonds. The highest BCUT2D eigenvalue weighted by Crippen LogP contribution is 2.40. The van der Waals surface area contributed by atoms with Crippen LogP contribution in [0.1, 0.15) is 35.2 Å². The number of benzene rings is 3. The molecule has 2 aliphatic heterocycles. The fraction of sp³-hybridized carbons (Fsp3) is 0.214. The average molecular weight is 458 g/mol. The molecule has 6 heteroatoms. The lowest BCUT2D eigenvalue weighted by Gasteiger charge is -2.25. The van der Waals surface area contributed by atoms with Gasteiger partial charge in [0.1, 0.15) is 23.4 Å². The summed E-state index contributed by atoms with van der Waals surface area (Å²) in [5.41, 5.74) is 2.98. The van der Waals surface area contributed by atoms with E-state index in [0.717, 1.165) is 16.9 Å². The van der Waals surface area contributed by atoms with Gasteiger partial charge in [0.25, 0.3) is 11.7 Å². The van der Waals surface area contributed by atoms with Crippen LogP contribution in [0.15, 0.2) is 78.4 Å². The van der Waals surface area contributed by atoms with Crippen LogP contribution in [0.4, 0.5) is 4.39 Å². The zero-order valence-corrected chi connectivity index (χ0v) is 18.7. The molecule has 0 unspecified atom stereocenters. The molecule has 34 heavy (non-hydrogen) atoms. The van der Waals surface area contributed by atoms with Crippen molar-refractivity contribution in [3.8, 4) is 5.75 Å². The van der Waals surface area contributed by atoms with E-state index in [1.165, 1.54) is 17.0 Å². The van der Waals surface area contributed by atoms with Crippen molar-refractivity contribution >= 4 is 17.4 Å². The Labute approximate surface area is 197 Å². The standard InChI is InChI=1S/C28H24FNO4/c1-17-15-21-16-20(9-12-23(21)34-17)26(31)24-25(19-7-10-22(29)11-8-19)30(28(33)27(24)32)14-13-18-5-3-2-4-6-18/h2-12,16-17,25,31H,13-15H2,1H3/t17-,25+/m1/s1. The van der Waals surface area contributed by atoms with Crippen LogP contribution in [-0.2, 0) is 22.4 Å². The predicted molar refractivity (Wildman–Crippen MR) is 126 cm³/mol. The first-order valence-corrected chi connectivity index (χ1v) is 11.3. The van der Waals surface area contributed by atoms with Gasteiger partial charge in [0.2, 0.25) is 0 Å². The Morgan fingerprint density at radius 3 is 2.53 bits per heavy atom. The molecule has 1 fully saturated rings. The average Bonchev–Trinajstić information content (AvgIpc) is 3.34. The number of Topliss-reactive ketones (excluding diaryl/α,β-unsaturated/α-hetero) is 1. The van der Waals surface area contributed by atoms with Crippen LogP contribution >= 0.6 is 0 Å². The monoisotopic (exact) mass is 457 g/mol. The quantitative estimate of drug-likeness (QED) is 0.339. The summed E-state index contributed by atoms with van der Waals surface area (Å²) in [5.74, 6) is -1.33. The van der Waals surface area contributed by atoms with Gasteiger partial charge in [-0.1, -0.05) is 42.5 Å². The van der Waals surface area contributed by atoms with E-state index < -0.39 is 23.5 Å². The molecule has 1 N–H and O–H groups in total. The molecule has 2 aliphatic rings. The third-order valence-corrected chi connectivity index (χ3v) is 6.38. The van der Waals surface area contributed by atoms with E-state index in [0.29, 0.717) is 24.0 Å². The third-order valence-electron chi connectivity index (χ3n) is 6.38. The van der Waals surface area contributed by atoms with E-state index in [4.69, 9.17) is 4.74 Å². The maximum Gasteiger partial charge on any atom is 0.295 e. The van der Waals surface area contributed by atoms with Crippen LogP contribution in [0.2, 0.25) is 0 Å². The van der Waals surface area contributed by atoms with Crippen molar-refractivity contribution < 1.29 is 23.8 Å². The number of fused-ring (bicyclic) bond motifs is 1. The number of aliphatic hydroxyl groups is 1. The summed E-state index contributed by atoms with van der Waals surface area (Å²) in [6, 6.07) is 19.8. The van der Waals surface area contributed by atoms with E-state index in [2.05, 4.69) is 0 Å². The number of carbonyl (C=O) groups is 2. The minimum Gasteiger partial charge on any atom is -0.507 e. The second-order valence-corrected chi connectivity index (χ2v) is 8.73. The summed E-state index contributed by atoms with van der Waals surface area (Å²) in [7, 11) is 0. The van der Waals surface area contributed by atoms with Crippen molar-refractivity contribution in [1.29, 1.82) is 0 Å². The van der Waals surface area contributed by atoms with E-state index in [-0.39, 0.29) is 24.0 Å². The number of likely N-dealkylation sites (tertiary alicyclic amines) is 1. The van der Waals surface area contributed by atoms with Crippen LogP contribution < -0.4 is 4.74 Å². The molecule has 3 aromatic carbocycles. The highest BCUT2D eigenvalue weighted by molar-refractivity contribution is 6.46. The lowest BCUT2D eigenvalue weighted by atomic mass is 9.94. The summed E-state index contributed by atoms with van der Waals surface area (Å²) in [6.45, 7) is 2.25. The van der Waals surface area contributed by atoms with Gasteiger partial charge in [0, 0.05) is 18.5 Å². The van der Waals surface area contributed by atoms with Gasteiger partial charge in [-0.3, -0.25) is 9.59 Å². The fourth-order valence-corrected chi connectivity index (χ4v) is 4.72. The number of hydrogen-bond donors (Lipinski definition) is 1. The molecule has 0 aliphatic carbocycles. The molecule has 0 spiro atoms. The van der Waals surface area contributed by atoms with Gasteiger partial charge in [-0.05, 0) is 60.4 Å². The van der Waals surface area contributed by atoms with Gasteiger partial charge >= 0.3 is 0 Å². The first kappa shape index (κ1) is 21.9. The number of halogens is 1. The number of aliphatic hydroxyl groups excluding tert-OH is 1. The minimum atomic E-state index is -0.812. The van der Waals surface area contributed by atoms with E-state index in [1.807, 2.05) is 37.3 Å². The van der Waals surface area contributed by atoms with Crippen LogP contribution in [-0.4, -0.2) is 34.3 Å². The Kier molecular flexibility index (Phi) is 5.65. The van der Waals surface area contributed by atoms with Gasteiger partial charge in [-0.2, -0.15) is 0 Å². The van der Waals surface area contributed by atoms with Crippen LogP contribution in [0, 0.1) is 5.82 Å². The number of ketones is 1. The largest absolute Gasteiger partial charge is 0.507 e. The summed E-state index contributed by atoms with van der Waals surface area (Å²) in [4.78, 5) is 27.7. The summed E-state index contributed by atoms with van der Waals surface area (Å²) in [6.07, 6.45) is 1.28. The van der Waals surface area contributed by atoms with Crippen molar-refractivity contribution in [3.05, 3.63) is 106 Å². The number of hydrogen-bond acceptors (Lipinski definition) is 4. The number of carbonyl (C=O) groups excluding carboxylic acids is 2. The van der Waals surface area contributed by atoms with Crippen LogP contribution in [0.25, 0.3) is 5.76 Å². The molecular formula is C28H24FNO4. The molecule has 0 saturated carbocycles. The van der Waals surface area contributed by atoms with Gasteiger partial charge in [0.05, 0.1) is 11.6 Å². The van der Waals surface area contributed by atoms with E-state index >= 15 is 0 Å². The summed E-state index contributed by atoms with van der Waals surface area (Å²) in [5, 5.41) is 11.3. The molecule has 0 bridgehead atoms.